The number of benzene rings is 2. The zero-order valence-corrected chi connectivity index (χ0v) is 10.6. The topological polar surface area (TPSA) is 41.1 Å². The molecule has 0 atom stereocenters. The highest BCUT2D eigenvalue weighted by atomic mass is 16.1. The first kappa shape index (κ1) is 12.9. The van der Waals surface area contributed by atoms with Crippen LogP contribution in [0.5, 0.6) is 0 Å². The van der Waals surface area contributed by atoms with E-state index in [1.165, 1.54) is 0 Å². The van der Waals surface area contributed by atoms with Gasteiger partial charge in [0.1, 0.15) is 0 Å². The molecule has 96 valence electrons. The molecule has 0 bridgehead atoms. The maximum atomic E-state index is 12.1. The van der Waals surface area contributed by atoms with E-state index in [1.807, 2.05) is 42.5 Å². The van der Waals surface area contributed by atoms with Gasteiger partial charge in [-0.1, -0.05) is 36.4 Å². The van der Waals surface area contributed by atoms with Gasteiger partial charge in [0.15, 0.2) is 0 Å². The molecule has 0 saturated heterocycles. The highest BCUT2D eigenvalue weighted by Crippen LogP contribution is 2.21. The van der Waals surface area contributed by atoms with Gasteiger partial charge >= 0.3 is 0 Å². The quantitative estimate of drug-likeness (QED) is 0.799. The Bertz CT molecular complexity index is 564. The molecule has 3 nitrogen and oxygen atoms in total. The number of amides is 1. The molecule has 0 aliphatic heterocycles. The molecule has 0 saturated carbocycles. The van der Waals surface area contributed by atoms with Crippen molar-refractivity contribution in [1.82, 2.24) is 0 Å². The van der Waals surface area contributed by atoms with E-state index < -0.39 is 0 Å². The van der Waals surface area contributed by atoms with Crippen molar-refractivity contribution in [2.45, 2.75) is 0 Å². The SMILES string of the molecule is C=CCNc1ccccc1NC(=O)c1ccccc1. The van der Waals surface area contributed by atoms with Crippen molar-refractivity contribution in [2.75, 3.05) is 17.2 Å². The fraction of sp³-hybridized carbons (Fsp3) is 0.0625. The lowest BCUT2D eigenvalue weighted by Crippen LogP contribution is -2.13. The summed E-state index contributed by atoms with van der Waals surface area (Å²) in [5.74, 6) is -0.117. The molecule has 2 N–H and O–H groups in total. The number of hydrogen-bond acceptors (Lipinski definition) is 2. The number of carbonyl (C=O) groups is 1. The standard InChI is InChI=1S/C16H16N2O/c1-2-12-17-14-10-6-7-11-15(14)18-16(19)13-8-4-3-5-9-13/h2-11,17H,1,12H2,(H,18,19). The van der Waals surface area contributed by atoms with E-state index in [1.54, 1.807) is 18.2 Å². The highest BCUT2D eigenvalue weighted by Gasteiger charge is 2.07. The molecule has 0 fully saturated rings. The fourth-order valence-corrected chi connectivity index (χ4v) is 1.71. The second-order valence-electron chi connectivity index (χ2n) is 4.04. The zero-order chi connectivity index (χ0) is 13.5. The maximum Gasteiger partial charge on any atom is 0.255 e. The molecule has 2 rings (SSSR count). The van der Waals surface area contributed by atoms with Gasteiger partial charge in [-0.25, -0.2) is 0 Å². The van der Waals surface area contributed by atoms with E-state index in [2.05, 4.69) is 17.2 Å². The molecule has 3 heteroatoms. The van der Waals surface area contributed by atoms with Crippen LogP contribution in [-0.4, -0.2) is 12.5 Å². The van der Waals surface area contributed by atoms with Crippen LogP contribution in [0.25, 0.3) is 0 Å². The van der Waals surface area contributed by atoms with Crippen molar-refractivity contribution >= 4 is 17.3 Å². The summed E-state index contributed by atoms with van der Waals surface area (Å²) in [7, 11) is 0. The predicted octanol–water partition coefficient (Wildman–Crippen LogP) is 3.54. The molecular weight excluding hydrogens is 236 g/mol. The second-order valence-corrected chi connectivity index (χ2v) is 4.04. The number of rotatable bonds is 5. The second kappa shape index (κ2) is 6.40. The van der Waals surface area contributed by atoms with Crippen LogP contribution >= 0.6 is 0 Å². The van der Waals surface area contributed by atoms with Gasteiger partial charge in [0.25, 0.3) is 5.91 Å². The Hall–Kier alpha value is -2.55. The number of anilines is 2. The van der Waals surface area contributed by atoms with Crippen molar-refractivity contribution in [3.8, 4) is 0 Å². The zero-order valence-electron chi connectivity index (χ0n) is 10.6. The summed E-state index contributed by atoms with van der Waals surface area (Å²) in [6.45, 7) is 4.32. The van der Waals surface area contributed by atoms with Gasteiger partial charge in [0.2, 0.25) is 0 Å². The average molecular weight is 252 g/mol. The molecule has 0 aliphatic carbocycles. The maximum absolute atomic E-state index is 12.1. The van der Waals surface area contributed by atoms with Crippen molar-refractivity contribution in [3.05, 3.63) is 72.8 Å². The molecule has 1 amide bonds. The van der Waals surface area contributed by atoms with Crippen LogP contribution in [0.1, 0.15) is 10.4 Å². The number of para-hydroxylation sites is 2. The summed E-state index contributed by atoms with van der Waals surface area (Å²) in [4.78, 5) is 12.1. The Kier molecular flexibility index (Phi) is 4.34. The van der Waals surface area contributed by atoms with Gasteiger partial charge in [-0.2, -0.15) is 0 Å². The lowest BCUT2D eigenvalue weighted by molar-refractivity contribution is 0.102. The molecule has 0 radical (unpaired) electrons. The van der Waals surface area contributed by atoms with E-state index in [9.17, 15) is 4.79 Å². The molecular formula is C16H16N2O. The van der Waals surface area contributed by atoms with Crippen molar-refractivity contribution in [3.63, 3.8) is 0 Å². The van der Waals surface area contributed by atoms with Gasteiger partial charge in [0, 0.05) is 12.1 Å². The van der Waals surface area contributed by atoms with Crippen molar-refractivity contribution in [2.24, 2.45) is 0 Å². The minimum atomic E-state index is -0.117. The minimum Gasteiger partial charge on any atom is -0.380 e. The normalized spacial score (nSPS) is 9.68. The highest BCUT2D eigenvalue weighted by molar-refractivity contribution is 6.05. The van der Waals surface area contributed by atoms with Crippen LogP contribution in [0, 0.1) is 0 Å². The molecule has 19 heavy (non-hydrogen) atoms. The fourth-order valence-electron chi connectivity index (χ4n) is 1.71. The minimum absolute atomic E-state index is 0.117. The molecule has 0 spiro atoms. The predicted molar refractivity (Wildman–Crippen MR) is 79.5 cm³/mol. The van der Waals surface area contributed by atoms with Gasteiger partial charge in [-0.15, -0.1) is 6.58 Å². The van der Waals surface area contributed by atoms with E-state index in [-0.39, 0.29) is 5.91 Å². The van der Waals surface area contributed by atoms with Crippen LogP contribution in [0.4, 0.5) is 11.4 Å². The summed E-state index contributed by atoms with van der Waals surface area (Å²) in [6, 6.07) is 16.7. The Morgan fingerprint density at radius 1 is 1.00 bits per heavy atom. The third-order valence-corrected chi connectivity index (χ3v) is 2.65. The first-order valence-corrected chi connectivity index (χ1v) is 6.11. The Labute approximate surface area is 113 Å². The number of nitrogens with one attached hydrogen (secondary N) is 2. The summed E-state index contributed by atoms with van der Waals surface area (Å²) in [5.41, 5.74) is 2.28. The van der Waals surface area contributed by atoms with E-state index in [4.69, 9.17) is 0 Å². The van der Waals surface area contributed by atoms with Gasteiger partial charge in [-0.05, 0) is 24.3 Å². The third-order valence-electron chi connectivity index (χ3n) is 2.65. The van der Waals surface area contributed by atoms with Crippen LogP contribution < -0.4 is 10.6 Å². The smallest absolute Gasteiger partial charge is 0.255 e. The Morgan fingerprint density at radius 3 is 2.32 bits per heavy atom. The van der Waals surface area contributed by atoms with E-state index in [0.717, 1.165) is 11.4 Å². The number of carbonyl (C=O) groups excluding carboxylic acids is 1. The number of hydrogen-bond donors (Lipinski definition) is 2. The summed E-state index contributed by atoms with van der Waals surface area (Å²) >= 11 is 0. The molecule has 2 aromatic rings. The lowest BCUT2D eigenvalue weighted by Gasteiger charge is -2.11. The largest absolute Gasteiger partial charge is 0.380 e. The first-order valence-electron chi connectivity index (χ1n) is 6.11. The monoisotopic (exact) mass is 252 g/mol. The molecule has 0 heterocycles. The van der Waals surface area contributed by atoms with Crippen LogP contribution in [0.2, 0.25) is 0 Å². The van der Waals surface area contributed by atoms with Crippen LogP contribution in [0.3, 0.4) is 0 Å². The molecule has 0 aliphatic rings. The molecule has 0 aromatic heterocycles. The molecule has 0 unspecified atom stereocenters. The summed E-state index contributed by atoms with van der Waals surface area (Å²) in [5, 5.41) is 6.09. The Morgan fingerprint density at radius 2 is 1.63 bits per heavy atom. The van der Waals surface area contributed by atoms with E-state index >= 15 is 0 Å². The van der Waals surface area contributed by atoms with Crippen molar-refractivity contribution < 1.29 is 4.79 Å². The van der Waals surface area contributed by atoms with Crippen molar-refractivity contribution in [1.29, 1.82) is 0 Å². The van der Waals surface area contributed by atoms with E-state index in [0.29, 0.717) is 12.1 Å². The molecule has 2 aromatic carbocycles. The summed E-state index contributed by atoms with van der Waals surface area (Å²) in [6.07, 6.45) is 1.77. The van der Waals surface area contributed by atoms with Crippen LogP contribution in [-0.2, 0) is 0 Å². The third kappa shape index (κ3) is 3.45. The summed E-state index contributed by atoms with van der Waals surface area (Å²) < 4.78 is 0. The van der Waals surface area contributed by atoms with Gasteiger partial charge in [0.05, 0.1) is 11.4 Å². The van der Waals surface area contributed by atoms with Gasteiger partial charge < -0.3 is 10.6 Å². The average Bonchev–Trinajstić information content (AvgIpc) is 2.47. The Balaban J connectivity index is 2.14. The lowest BCUT2D eigenvalue weighted by atomic mass is 10.2. The van der Waals surface area contributed by atoms with Gasteiger partial charge in [-0.3, -0.25) is 4.79 Å². The first-order chi connectivity index (χ1) is 9.31. The van der Waals surface area contributed by atoms with Crippen LogP contribution in [0.15, 0.2) is 67.3 Å².